The van der Waals surface area contributed by atoms with Gasteiger partial charge in [0.1, 0.15) is 10.8 Å². The van der Waals surface area contributed by atoms with Crippen molar-refractivity contribution in [3.63, 3.8) is 0 Å². The Balaban J connectivity index is 1.95. The summed E-state index contributed by atoms with van der Waals surface area (Å²) in [6, 6.07) is 5.07. The van der Waals surface area contributed by atoms with Gasteiger partial charge in [0.25, 0.3) is 0 Å². The predicted molar refractivity (Wildman–Crippen MR) is 103 cm³/mol. The monoisotopic (exact) mass is 400 g/mol. The molecule has 0 bridgehead atoms. The lowest BCUT2D eigenvalue weighted by Crippen LogP contribution is -2.33. The minimum absolute atomic E-state index is 0.306. The van der Waals surface area contributed by atoms with Crippen LogP contribution in [0.1, 0.15) is 27.2 Å². The van der Waals surface area contributed by atoms with E-state index >= 15 is 0 Å². The molecule has 0 saturated carbocycles. The summed E-state index contributed by atoms with van der Waals surface area (Å²) >= 11 is 12.1. The lowest BCUT2D eigenvalue weighted by atomic mass is 10.2. The number of amides is 1. The maximum Gasteiger partial charge on any atom is 0.407 e. The van der Waals surface area contributed by atoms with Crippen LogP contribution in [0, 0.1) is 0 Å². The van der Waals surface area contributed by atoms with E-state index in [9.17, 15) is 4.79 Å². The number of aromatic nitrogens is 1. The predicted octanol–water partition coefficient (Wildman–Crippen LogP) is 4.84. The van der Waals surface area contributed by atoms with Gasteiger partial charge in [-0.3, -0.25) is 0 Å². The quantitative estimate of drug-likeness (QED) is 0.554. The molecular weight excluding hydrogens is 379 g/mol. The van der Waals surface area contributed by atoms with Crippen LogP contribution in [-0.2, 0) is 4.74 Å². The summed E-state index contributed by atoms with van der Waals surface area (Å²) in [6.45, 7) is 6.25. The van der Waals surface area contributed by atoms with Crippen molar-refractivity contribution in [1.82, 2.24) is 10.3 Å². The van der Waals surface area contributed by atoms with Crippen LogP contribution in [0.3, 0.4) is 0 Å². The molecule has 1 N–H and O–H groups in total. The Morgan fingerprint density at radius 3 is 2.58 bits per heavy atom. The summed E-state index contributed by atoms with van der Waals surface area (Å²) in [7, 11) is 1.55. The van der Waals surface area contributed by atoms with Gasteiger partial charge in [-0.1, -0.05) is 23.2 Å². The number of nitrogens with zero attached hydrogens (tertiary/aromatic N) is 1. The van der Waals surface area contributed by atoms with E-state index in [0.717, 1.165) is 5.39 Å². The van der Waals surface area contributed by atoms with Crippen LogP contribution in [0.4, 0.5) is 4.79 Å². The maximum absolute atomic E-state index is 11.6. The van der Waals surface area contributed by atoms with Crippen LogP contribution in [-0.4, -0.2) is 36.9 Å². The van der Waals surface area contributed by atoms with Gasteiger partial charge in [0.15, 0.2) is 11.5 Å². The summed E-state index contributed by atoms with van der Waals surface area (Å²) in [5.41, 5.74) is 0.0967. The van der Waals surface area contributed by atoms with Crippen molar-refractivity contribution in [3.05, 3.63) is 28.4 Å². The SMILES string of the molecule is COc1cc2c(Cl)cc(Cl)nc2cc1OCCCNC(=O)OC(C)(C)C. The lowest BCUT2D eigenvalue weighted by molar-refractivity contribution is 0.0525. The van der Waals surface area contributed by atoms with Crippen LogP contribution in [0.5, 0.6) is 11.5 Å². The van der Waals surface area contributed by atoms with Crippen molar-refractivity contribution in [3.8, 4) is 11.5 Å². The summed E-state index contributed by atoms with van der Waals surface area (Å²) in [4.78, 5) is 15.8. The minimum Gasteiger partial charge on any atom is -0.493 e. The molecular formula is C18H22Cl2N2O4. The number of pyridine rings is 1. The van der Waals surface area contributed by atoms with Crippen LogP contribution >= 0.6 is 23.2 Å². The zero-order chi connectivity index (χ0) is 19.3. The van der Waals surface area contributed by atoms with E-state index < -0.39 is 11.7 Å². The fourth-order valence-electron chi connectivity index (χ4n) is 2.19. The van der Waals surface area contributed by atoms with Crippen LogP contribution < -0.4 is 14.8 Å². The third-order valence-electron chi connectivity index (χ3n) is 3.26. The van der Waals surface area contributed by atoms with Crippen molar-refractivity contribution < 1.29 is 19.0 Å². The highest BCUT2D eigenvalue weighted by Gasteiger charge is 2.15. The third-order valence-corrected chi connectivity index (χ3v) is 3.77. The Labute approximate surface area is 162 Å². The van der Waals surface area contributed by atoms with Gasteiger partial charge in [-0.25, -0.2) is 9.78 Å². The van der Waals surface area contributed by atoms with Crippen molar-refractivity contribution in [2.75, 3.05) is 20.3 Å². The number of methoxy groups -OCH3 is 1. The Kier molecular flexibility index (Phi) is 6.78. The molecule has 2 aromatic rings. The number of ether oxygens (including phenoxy) is 3. The van der Waals surface area contributed by atoms with E-state index in [1.807, 2.05) is 20.8 Å². The molecule has 2 rings (SSSR count). The second kappa shape index (κ2) is 8.64. The molecule has 0 unspecified atom stereocenters. The molecule has 0 fully saturated rings. The first-order valence-electron chi connectivity index (χ1n) is 8.13. The van der Waals surface area contributed by atoms with Gasteiger partial charge in [-0.15, -0.1) is 0 Å². The first kappa shape index (κ1) is 20.4. The van der Waals surface area contributed by atoms with E-state index in [1.54, 1.807) is 25.3 Å². The standard InChI is InChI=1S/C18H22Cl2N2O4/c1-18(2,3)26-17(23)21-6-5-7-25-15-10-13-11(8-14(15)24-4)12(19)9-16(20)22-13/h8-10H,5-7H2,1-4H3,(H,21,23). The number of rotatable bonds is 6. The first-order chi connectivity index (χ1) is 12.2. The largest absolute Gasteiger partial charge is 0.493 e. The lowest BCUT2D eigenvalue weighted by Gasteiger charge is -2.19. The Morgan fingerprint density at radius 2 is 1.92 bits per heavy atom. The van der Waals surface area contributed by atoms with Crippen molar-refractivity contribution in [2.45, 2.75) is 32.8 Å². The maximum atomic E-state index is 11.6. The van der Waals surface area contributed by atoms with Gasteiger partial charge in [0.05, 0.1) is 24.3 Å². The molecule has 0 spiro atoms. The third kappa shape index (κ3) is 5.81. The highest BCUT2D eigenvalue weighted by atomic mass is 35.5. The molecule has 0 radical (unpaired) electrons. The van der Waals surface area contributed by atoms with Gasteiger partial charge in [-0.2, -0.15) is 0 Å². The van der Waals surface area contributed by atoms with Crippen LogP contribution in [0.2, 0.25) is 10.2 Å². The molecule has 1 heterocycles. The van der Waals surface area contributed by atoms with E-state index in [4.69, 9.17) is 37.4 Å². The molecule has 0 aliphatic heterocycles. The minimum atomic E-state index is -0.519. The molecule has 6 nitrogen and oxygen atoms in total. The highest BCUT2D eigenvalue weighted by molar-refractivity contribution is 6.37. The number of nitrogens with one attached hydrogen (secondary N) is 1. The first-order valence-corrected chi connectivity index (χ1v) is 8.88. The molecule has 0 saturated heterocycles. The number of carbonyl (C=O) groups excluding carboxylic acids is 1. The Hall–Kier alpha value is -1.92. The van der Waals surface area contributed by atoms with Gasteiger partial charge < -0.3 is 19.5 Å². The number of benzene rings is 1. The molecule has 1 aromatic carbocycles. The Morgan fingerprint density at radius 1 is 1.19 bits per heavy atom. The average molecular weight is 401 g/mol. The van der Waals surface area contributed by atoms with Crippen molar-refractivity contribution in [1.29, 1.82) is 0 Å². The second-order valence-corrected chi connectivity index (χ2v) is 7.37. The highest BCUT2D eigenvalue weighted by Crippen LogP contribution is 2.35. The van der Waals surface area contributed by atoms with E-state index in [0.29, 0.717) is 46.8 Å². The number of hydrogen-bond acceptors (Lipinski definition) is 5. The molecule has 26 heavy (non-hydrogen) atoms. The summed E-state index contributed by atoms with van der Waals surface area (Å²) in [6.07, 6.45) is 0.152. The van der Waals surface area contributed by atoms with Gasteiger partial charge in [0.2, 0.25) is 0 Å². The zero-order valence-corrected chi connectivity index (χ0v) is 16.7. The fraction of sp³-hybridized carbons (Fsp3) is 0.444. The number of fused-ring (bicyclic) bond motifs is 1. The number of carbonyl (C=O) groups is 1. The molecule has 8 heteroatoms. The average Bonchev–Trinajstić information content (AvgIpc) is 2.52. The van der Waals surface area contributed by atoms with Crippen molar-refractivity contribution >= 4 is 40.2 Å². The molecule has 0 aliphatic rings. The van der Waals surface area contributed by atoms with Crippen molar-refractivity contribution in [2.24, 2.45) is 0 Å². The van der Waals surface area contributed by atoms with Gasteiger partial charge in [-0.05, 0) is 39.3 Å². The number of alkyl carbamates (subject to hydrolysis) is 1. The molecule has 1 aromatic heterocycles. The summed E-state index contributed by atoms with van der Waals surface area (Å²) < 4.78 is 16.3. The smallest absolute Gasteiger partial charge is 0.407 e. The molecule has 0 atom stereocenters. The fourth-order valence-corrected chi connectivity index (χ4v) is 2.70. The van der Waals surface area contributed by atoms with Crippen LogP contribution in [0.25, 0.3) is 10.9 Å². The van der Waals surface area contributed by atoms with E-state index in [1.165, 1.54) is 0 Å². The number of halogens is 2. The Bertz CT molecular complexity index is 791. The summed E-state index contributed by atoms with van der Waals surface area (Å²) in [5, 5.41) is 4.21. The normalized spacial score (nSPS) is 11.3. The van der Waals surface area contributed by atoms with Crippen LogP contribution in [0.15, 0.2) is 18.2 Å². The van der Waals surface area contributed by atoms with E-state index in [-0.39, 0.29) is 0 Å². The topological polar surface area (TPSA) is 69.7 Å². The zero-order valence-electron chi connectivity index (χ0n) is 15.2. The molecule has 142 valence electrons. The molecule has 0 aliphatic carbocycles. The van der Waals surface area contributed by atoms with E-state index in [2.05, 4.69) is 10.3 Å². The van der Waals surface area contributed by atoms with Gasteiger partial charge >= 0.3 is 6.09 Å². The molecule has 1 amide bonds. The van der Waals surface area contributed by atoms with Gasteiger partial charge in [0, 0.05) is 18.0 Å². The number of hydrogen-bond donors (Lipinski definition) is 1. The summed E-state index contributed by atoms with van der Waals surface area (Å²) in [5.74, 6) is 1.08. The second-order valence-electron chi connectivity index (χ2n) is 6.58.